The van der Waals surface area contributed by atoms with E-state index in [0.717, 1.165) is 0 Å². The van der Waals surface area contributed by atoms with Crippen LogP contribution in [-0.4, -0.2) is 41.8 Å². The second-order valence-corrected chi connectivity index (χ2v) is 4.49. The molecular formula is C11H18N4O4. The SMILES string of the molecule is CCOC(=O)C(NC(C)=O)[C@@H]1CC(O)C[C@H]1N=[N+]=[N-]. The number of azide groups is 1. The molecule has 1 fully saturated rings. The van der Waals surface area contributed by atoms with Gasteiger partial charge in [0.05, 0.1) is 12.7 Å². The van der Waals surface area contributed by atoms with E-state index in [2.05, 4.69) is 15.3 Å². The summed E-state index contributed by atoms with van der Waals surface area (Å²) in [7, 11) is 0. The highest BCUT2D eigenvalue weighted by Gasteiger charge is 2.42. The number of carbonyl (C=O) groups excluding carboxylic acids is 2. The Kier molecular flexibility index (Phi) is 5.59. The van der Waals surface area contributed by atoms with Gasteiger partial charge in [-0.25, -0.2) is 4.79 Å². The fraction of sp³-hybridized carbons (Fsp3) is 0.818. The number of hydrogen-bond donors (Lipinski definition) is 2. The van der Waals surface area contributed by atoms with E-state index in [1.165, 1.54) is 6.92 Å². The summed E-state index contributed by atoms with van der Waals surface area (Å²) in [5, 5.41) is 15.7. The number of ether oxygens (including phenoxy) is 1. The van der Waals surface area contributed by atoms with E-state index in [9.17, 15) is 14.7 Å². The lowest BCUT2D eigenvalue weighted by Gasteiger charge is -2.25. The molecule has 2 unspecified atom stereocenters. The largest absolute Gasteiger partial charge is 0.464 e. The van der Waals surface area contributed by atoms with Gasteiger partial charge in [0.2, 0.25) is 5.91 Å². The summed E-state index contributed by atoms with van der Waals surface area (Å²) in [5.74, 6) is -1.40. The van der Waals surface area contributed by atoms with Gasteiger partial charge in [0.25, 0.3) is 0 Å². The molecule has 0 aromatic carbocycles. The van der Waals surface area contributed by atoms with Gasteiger partial charge in [-0.2, -0.15) is 0 Å². The highest BCUT2D eigenvalue weighted by molar-refractivity contribution is 5.83. The van der Waals surface area contributed by atoms with E-state index in [-0.39, 0.29) is 25.4 Å². The summed E-state index contributed by atoms with van der Waals surface area (Å²) in [6.45, 7) is 3.15. The van der Waals surface area contributed by atoms with Crippen molar-refractivity contribution in [2.45, 2.75) is 44.9 Å². The van der Waals surface area contributed by atoms with Crippen molar-refractivity contribution in [1.29, 1.82) is 0 Å². The lowest BCUT2D eigenvalue weighted by atomic mass is 9.94. The lowest BCUT2D eigenvalue weighted by Crippen LogP contribution is -2.48. The molecular weight excluding hydrogens is 252 g/mol. The molecule has 0 saturated heterocycles. The van der Waals surface area contributed by atoms with E-state index < -0.39 is 30.1 Å². The van der Waals surface area contributed by atoms with Crippen molar-refractivity contribution >= 4 is 11.9 Å². The predicted octanol–water partition coefficient (Wildman–Crippen LogP) is 0.504. The van der Waals surface area contributed by atoms with Crippen LogP contribution in [0.15, 0.2) is 5.11 Å². The second kappa shape index (κ2) is 6.96. The van der Waals surface area contributed by atoms with Gasteiger partial charge in [-0.05, 0) is 25.3 Å². The number of aliphatic hydroxyl groups excluding tert-OH is 1. The molecule has 1 amide bonds. The molecule has 1 saturated carbocycles. The van der Waals surface area contributed by atoms with Gasteiger partial charge in [0, 0.05) is 23.8 Å². The lowest BCUT2D eigenvalue weighted by molar-refractivity contribution is -0.149. The maximum Gasteiger partial charge on any atom is 0.328 e. The molecule has 19 heavy (non-hydrogen) atoms. The van der Waals surface area contributed by atoms with Crippen LogP contribution in [0.2, 0.25) is 0 Å². The van der Waals surface area contributed by atoms with Crippen molar-refractivity contribution in [3.8, 4) is 0 Å². The van der Waals surface area contributed by atoms with Crippen LogP contribution in [0.3, 0.4) is 0 Å². The average Bonchev–Trinajstić information content (AvgIpc) is 2.67. The molecule has 1 rings (SSSR count). The first kappa shape index (κ1) is 15.3. The van der Waals surface area contributed by atoms with Crippen LogP contribution in [0.4, 0.5) is 0 Å². The Hall–Kier alpha value is -1.79. The summed E-state index contributed by atoms with van der Waals surface area (Å²) in [6, 6.07) is -1.42. The van der Waals surface area contributed by atoms with Crippen molar-refractivity contribution in [3.05, 3.63) is 10.4 Å². The first-order chi connectivity index (χ1) is 8.99. The van der Waals surface area contributed by atoms with Crippen LogP contribution in [0.25, 0.3) is 10.4 Å². The predicted molar refractivity (Wildman–Crippen MR) is 65.9 cm³/mol. The molecule has 0 bridgehead atoms. The maximum absolute atomic E-state index is 11.9. The summed E-state index contributed by atoms with van der Waals surface area (Å²) in [6.07, 6.45) is -0.0799. The Morgan fingerprint density at radius 1 is 1.58 bits per heavy atom. The molecule has 0 aromatic rings. The quantitative estimate of drug-likeness (QED) is 0.326. The van der Waals surface area contributed by atoms with Crippen LogP contribution in [-0.2, 0) is 14.3 Å². The van der Waals surface area contributed by atoms with Crippen LogP contribution in [0.5, 0.6) is 0 Å². The third-order valence-electron chi connectivity index (χ3n) is 3.08. The van der Waals surface area contributed by atoms with E-state index in [4.69, 9.17) is 10.3 Å². The summed E-state index contributed by atoms with van der Waals surface area (Å²) >= 11 is 0. The fourth-order valence-corrected chi connectivity index (χ4v) is 2.37. The smallest absolute Gasteiger partial charge is 0.328 e. The van der Waals surface area contributed by atoms with Crippen molar-refractivity contribution in [3.63, 3.8) is 0 Å². The number of amides is 1. The summed E-state index contributed by atoms with van der Waals surface area (Å²) in [5.41, 5.74) is 8.51. The van der Waals surface area contributed by atoms with Crippen molar-refractivity contribution in [2.75, 3.05) is 6.61 Å². The Labute approximate surface area is 110 Å². The average molecular weight is 270 g/mol. The minimum atomic E-state index is -0.898. The number of aliphatic hydroxyl groups is 1. The number of esters is 1. The van der Waals surface area contributed by atoms with E-state index in [1.54, 1.807) is 6.92 Å². The monoisotopic (exact) mass is 270 g/mol. The van der Waals surface area contributed by atoms with Gasteiger partial charge in [-0.15, -0.1) is 0 Å². The molecule has 0 radical (unpaired) electrons. The van der Waals surface area contributed by atoms with Crippen LogP contribution in [0, 0.1) is 5.92 Å². The van der Waals surface area contributed by atoms with Gasteiger partial charge >= 0.3 is 5.97 Å². The van der Waals surface area contributed by atoms with Crippen molar-refractivity contribution in [2.24, 2.45) is 11.0 Å². The molecule has 8 nitrogen and oxygen atoms in total. The van der Waals surface area contributed by atoms with Gasteiger partial charge in [-0.1, -0.05) is 5.11 Å². The van der Waals surface area contributed by atoms with Gasteiger partial charge in [0.1, 0.15) is 6.04 Å². The minimum absolute atomic E-state index is 0.191. The molecule has 2 N–H and O–H groups in total. The molecule has 0 aromatic heterocycles. The molecule has 0 aliphatic heterocycles. The van der Waals surface area contributed by atoms with Gasteiger partial charge in [-0.3, -0.25) is 4.79 Å². The standard InChI is InChI=1S/C11H18N4O4/c1-3-19-11(18)10(13-6(2)16)8-4-7(17)5-9(8)14-15-12/h7-10,17H,3-5H2,1-2H3,(H,13,16)/t7?,8-,9-,10?/m1/s1. The Morgan fingerprint density at radius 2 is 2.26 bits per heavy atom. The minimum Gasteiger partial charge on any atom is -0.464 e. The Morgan fingerprint density at radius 3 is 2.79 bits per heavy atom. The third-order valence-corrected chi connectivity index (χ3v) is 3.08. The van der Waals surface area contributed by atoms with Gasteiger partial charge in [0.15, 0.2) is 0 Å². The highest BCUT2D eigenvalue weighted by atomic mass is 16.5. The Balaban J connectivity index is 2.91. The molecule has 106 valence electrons. The molecule has 1 aliphatic carbocycles. The first-order valence-corrected chi connectivity index (χ1v) is 6.15. The number of nitrogens with one attached hydrogen (secondary N) is 1. The molecule has 1 aliphatic rings. The molecule has 0 heterocycles. The van der Waals surface area contributed by atoms with Gasteiger partial charge < -0.3 is 15.2 Å². The van der Waals surface area contributed by atoms with E-state index in [0.29, 0.717) is 0 Å². The second-order valence-electron chi connectivity index (χ2n) is 4.49. The zero-order valence-electron chi connectivity index (χ0n) is 10.9. The number of carbonyl (C=O) groups is 2. The van der Waals surface area contributed by atoms with Crippen molar-refractivity contribution < 1.29 is 19.4 Å². The zero-order valence-corrected chi connectivity index (χ0v) is 10.9. The normalized spacial score (nSPS) is 27.2. The number of rotatable bonds is 5. The number of hydrogen-bond acceptors (Lipinski definition) is 5. The summed E-state index contributed by atoms with van der Waals surface area (Å²) < 4.78 is 4.91. The van der Waals surface area contributed by atoms with Crippen LogP contribution in [0.1, 0.15) is 26.7 Å². The zero-order chi connectivity index (χ0) is 14.4. The summed E-state index contributed by atoms with van der Waals surface area (Å²) in [4.78, 5) is 25.8. The first-order valence-electron chi connectivity index (χ1n) is 6.15. The van der Waals surface area contributed by atoms with E-state index >= 15 is 0 Å². The molecule has 0 spiro atoms. The maximum atomic E-state index is 11.9. The molecule has 8 heteroatoms. The van der Waals surface area contributed by atoms with Crippen LogP contribution >= 0.6 is 0 Å². The van der Waals surface area contributed by atoms with E-state index in [1.807, 2.05) is 0 Å². The number of nitrogens with zero attached hydrogens (tertiary/aromatic N) is 3. The third kappa shape index (κ3) is 4.11. The fourth-order valence-electron chi connectivity index (χ4n) is 2.37. The topological polar surface area (TPSA) is 124 Å². The highest BCUT2D eigenvalue weighted by Crippen LogP contribution is 2.32. The molecule has 4 atom stereocenters. The Bertz CT molecular complexity index is 394. The van der Waals surface area contributed by atoms with Crippen LogP contribution < -0.4 is 5.32 Å². The van der Waals surface area contributed by atoms with Crippen molar-refractivity contribution in [1.82, 2.24) is 5.32 Å².